The Kier molecular flexibility index (Phi) is 4.75. The van der Waals surface area contributed by atoms with Crippen molar-refractivity contribution in [2.75, 3.05) is 6.54 Å². The number of nitrogens with zero attached hydrogens (tertiary/aromatic N) is 1. The minimum Gasteiger partial charge on any atom is -0.480 e. The average Bonchev–Trinajstić information content (AvgIpc) is 2.28. The fraction of sp³-hybridized carbons (Fsp3) is 0.562. The predicted octanol–water partition coefficient (Wildman–Crippen LogP) is 3.55. The first-order chi connectivity index (χ1) is 8.71. The van der Waals surface area contributed by atoms with Gasteiger partial charge < -0.3 is 5.11 Å². The molecule has 106 valence electrons. The van der Waals surface area contributed by atoms with E-state index in [4.69, 9.17) is 0 Å². The van der Waals surface area contributed by atoms with Crippen molar-refractivity contribution in [1.82, 2.24) is 4.90 Å². The molecule has 1 unspecified atom stereocenters. The Balaban J connectivity index is 3.15. The van der Waals surface area contributed by atoms with Gasteiger partial charge in [-0.3, -0.25) is 9.69 Å². The normalized spacial score (nSPS) is 13.6. The molecule has 0 spiro atoms. The third-order valence-electron chi connectivity index (χ3n) is 3.92. The van der Waals surface area contributed by atoms with Crippen LogP contribution in [-0.2, 0) is 4.79 Å². The largest absolute Gasteiger partial charge is 0.480 e. The number of carboxylic acids is 1. The molecule has 1 aromatic carbocycles. The van der Waals surface area contributed by atoms with E-state index in [9.17, 15) is 9.90 Å². The molecule has 1 aromatic rings. The number of rotatable bonds is 5. The summed E-state index contributed by atoms with van der Waals surface area (Å²) in [6.07, 6.45) is 0. The highest BCUT2D eigenvalue weighted by Gasteiger charge is 2.37. The van der Waals surface area contributed by atoms with Gasteiger partial charge in [0.15, 0.2) is 0 Å². The fourth-order valence-electron chi connectivity index (χ4n) is 2.74. The first-order valence-corrected chi connectivity index (χ1v) is 6.79. The molecule has 0 saturated carbocycles. The van der Waals surface area contributed by atoms with Crippen LogP contribution in [-0.4, -0.2) is 28.1 Å². The maximum absolute atomic E-state index is 11.5. The first kappa shape index (κ1) is 15.7. The Morgan fingerprint density at radius 3 is 2.37 bits per heavy atom. The summed E-state index contributed by atoms with van der Waals surface area (Å²) in [6.45, 7) is 12.5. The van der Waals surface area contributed by atoms with Crippen LogP contribution in [0.15, 0.2) is 18.2 Å². The van der Waals surface area contributed by atoms with Crippen LogP contribution in [0.4, 0.5) is 0 Å². The summed E-state index contributed by atoms with van der Waals surface area (Å²) >= 11 is 0. The molecule has 0 aliphatic heterocycles. The van der Waals surface area contributed by atoms with Crippen LogP contribution in [0.2, 0.25) is 0 Å². The van der Waals surface area contributed by atoms with Crippen molar-refractivity contribution in [1.29, 1.82) is 0 Å². The van der Waals surface area contributed by atoms with Gasteiger partial charge in [0.2, 0.25) is 0 Å². The van der Waals surface area contributed by atoms with Crippen molar-refractivity contribution in [3.8, 4) is 0 Å². The molecule has 0 aromatic heterocycles. The third-order valence-corrected chi connectivity index (χ3v) is 3.92. The highest BCUT2D eigenvalue weighted by molar-refractivity contribution is 5.77. The van der Waals surface area contributed by atoms with Gasteiger partial charge in [-0.2, -0.15) is 0 Å². The second-order valence-corrected chi connectivity index (χ2v) is 5.69. The second-order valence-electron chi connectivity index (χ2n) is 5.69. The number of carbonyl (C=O) groups is 1. The average molecular weight is 263 g/mol. The van der Waals surface area contributed by atoms with E-state index in [0.29, 0.717) is 6.54 Å². The molecule has 0 aliphatic rings. The van der Waals surface area contributed by atoms with Crippen molar-refractivity contribution in [2.45, 2.75) is 53.1 Å². The van der Waals surface area contributed by atoms with Gasteiger partial charge in [0.1, 0.15) is 5.54 Å². The Labute approximate surface area is 116 Å². The lowest BCUT2D eigenvalue weighted by molar-refractivity contribution is -0.150. The maximum Gasteiger partial charge on any atom is 0.323 e. The monoisotopic (exact) mass is 263 g/mol. The molecular formula is C16H25NO2. The third kappa shape index (κ3) is 3.16. The standard InChI is InChI=1S/C16H25NO2/c1-7-17(16(5,6)15(18)19)13(4)14-9-8-11(2)10-12(14)3/h8-10,13H,7H2,1-6H3,(H,18,19). The number of hydrogen-bond donors (Lipinski definition) is 1. The molecule has 0 radical (unpaired) electrons. The molecule has 0 fully saturated rings. The first-order valence-electron chi connectivity index (χ1n) is 6.79. The van der Waals surface area contributed by atoms with Crippen LogP contribution in [0, 0.1) is 13.8 Å². The summed E-state index contributed by atoms with van der Waals surface area (Å²) in [5.74, 6) is -0.786. The lowest BCUT2D eigenvalue weighted by Crippen LogP contribution is -2.51. The van der Waals surface area contributed by atoms with E-state index in [1.165, 1.54) is 16.7 Å². The number of likely N-dealkylation sites (N-methyl/N-ethyl adjacent to an activating group) is 1. The van der Waals surface area contributed by atoms with Gasteiger partial charge in [0, 0.05) is 6.04 Å². The molecular weight excluding hydrogens is 238 g/mol. The van der Waals surface area contributed by atoms with Crippen LogP contribution in [0.3, 0.4) is 0 Å². The SMILES string of the molecule is CCN(C(C)c1ccc(C)cc1C)C(C)(C)C(=O)O. The van der Waals surface area contributed by atoms with E-state index < -0.39 is 11.5 Å². The van der Waals surface area contributed by atoms with E-state index in [0.717, 1.165) is 0 Å². The van der Waals surface area contributed by atoms with Crippen molar-refractivity contribution >= 4 is 5.97 Å². The minimum absolute atomic E-state index is 0.0803. The highest BCUT2D eigenvalue weighted by Crippen LogP contribution is 2.30. The van der Waals surface area contributed by atoms with Crippen LogP contribution < -0.4 is 0 Å². The molecule has 3 nitrogen and oxygen atoms in total. The van der Waals surface area contributed by atoms with Gasteiger partial charge in [-0.15, -0.1) is 0 Å². The Hall–Kier alpha value is -1.35. The quantitative estimate of drug-likeness (QED) is 0.883. The van der Waals surface area contributed by atoms with Crippen LogP contribution in [0.1, 0.15) is 50.4 Å². The summed E-state index contributed by atoms with van der Waals surface area (Å²) in [7, 11) is 0. The number of carboxylic acid groups (broad SMARTS) is 1. The van der Waals surface area contributed by atoms with E-state index in [2.05, 4.69) is 39.0 Å². The van der Waals surface area contributed by atoms with Gasteiger partial charge in [-0.1, -0.05) is 30.7 Å². The molecule has 0 bridgehead atoms. The van der Waals surface area contributed by atoms with Crippen molar-refractivity contribution in [3.05, 3.63) is 34.9 Å². The molecule has 19 heavy (non-hydrogen) atoms. The van der Waals surface area contributed by atoms with Gasteiger partial charge in [-0.25, -0.2) is 0 Å². The molecule has 1 rings (SSSR count). The summed E-state index contributed by atoms with van der Waals surface area (Å²) in [6, 6.07) is 6.42. The summed E-state index contributed by atoms with van der Waals surface area (Å²) in [4.78, 5) is 13.5. The van der Waals surface area contributed by atoms with E-state index in [1.807, 2.05) is 11.8 Å². The Morgan fingerprint density at radius 1 is 1.37 bits per heavy atom. The van der Waals surface area contributed by atoms with E-state index >= 15 is 0 Å². The summed E-state index contributed by atoms with van der Waals surface area (Å²) < 4.78 is 0. The lowest BCUT2D eigenvalue weighted by atomic mass is 9.94. The summed E-state index contributed by atoms with van der Waals surface area (Å²) in [5, 5.41) is 9.41. The van der Waals surface area contributed by atoms with Crippen LogP contribution in [0.25, 0.3) is 0 Å². The van der Waals surface area contributed by atoms with Crippen molar-refractivity contribution in [2.24, 2.45) is 0 Å². The Bertz CT molecular complexity index is 466. The lowest BCUT2D eigenvalue weighted by Gasteiger charge is -2.39. The molecule has 0 heterocycles. The van der Waals surface area contributed by atoms with Crippen molar-refractivity contribution < 1.29 is 9.90 Å². The zero-order chi connectivity index (χ0) is 14.8. The minimum atomic E-state index is -0.870. The predicted molar refractivity (Wildman–Crippen MR) is 78.4 cm³/mol. The highest BCUT2D eigenvalue weighted by atomic mass is 16.4. The number of hydrogen-bond acceptors (Lipinski definition) is 2. The van der Waals surface area contributed by atoms with E-state index in [-0.39, 0.29) is 6.04 Å². The number of aliphatic carboxylic acids is 1. The van der Waals surface area contributed by atoms with Gasteiger partial charge >= 0.3 is 5.97 Å². The molecule has 0 saturated heterocycles. The van der Waals surface area contributed by atoms with Crippen LogP contribution >= 0.6 is 0 Å². The number of aryl methyl sites for hydroxylation is 2. The number of benzene rings is 1. The zero-order valence-electron chi connectivity index (χ0n) is 12.8. The molecule has 3 heteroatoms. The maximum atomic E-state index is 11.5. The second kappa shape index (κ2) is 5.74. The van der Waals surface area contributed by atoms with Crippen molar-refractivity contribution in [3.63, 3.8) is 0 Å². The van der Waals surface area contributed by atoms with Gasteiger partial charge in [-0.05, 0) is 52.3 Å². The zero-order valence-corrected chi connectivity index (χ0v) is 12.8. The van der Waals surface area contributed by atoms with Crippen LogP contribution in [0.5, 0.6) is 0 Å². The molecule has 0 aliphatic carbocycles. The van der Waals surface area contributed by atoms with E-state index in [1.54, 1.807) is 13.8 Å². The molecule has 1 atom stereocenters. The summed E-state index contributed by atoms with van der Waals surface area (Å²) in [5.41, 5.74) is 2.77. The fourth-order valence-corrected chi connectivity index (χ4v) is 2.74. The van der Waals surface area contributed by atoms with Gasteiger partial charge in [0.25, 0.3) is 0 Å². The molecule has 1 N–H and O–H groups in total. The Morgan fingerprint density at radius 2 is 1.95 bits per heavy atom. The van der Waals surface area contributed by atoms with Gasteiger partial charge in [0.05, 0.1) is 0 Å². The topological polar surface area (TPSA) is 40.5 Å². The smallest absolute Gasteiger partial charge is 0.323 e. The molecule has 0 amide bonds.